The van der Waals surface area contributed by atoms with Crippen molar-refractivity contribution in [2.75, 3.05) is 45.9 Å². The van der Waals surface area contributed by atoms with Crippen LogP contribution in [0.4, 0.5) is 0 Å². The fraction of sp³-hybridized carbons (Fsp3) is 0.833. The Bertz CT molecular complexity index is 325. The minimum atomic E-state index is -0.784. The van der Waals surface area contributed by atoms with Gasteiger partial charge >= 0.3 is 11.8 Å². The van der Waals surface area contributed by atoms with E-state index in [9.17, 15) is 9.59 Å². The number of aliphatic hydroxyl groups excluding tert-OH is 1. The lowest BCUT2D eigenvalue weighted by Gasteiger charge is -2.34. The number of hydrogen-bond donors (Lipinski definition) is 3. The standard InChI is InChI=1S/C12H24N4O3/c1-12(2,9-17)14-10(18)11(19)16-7-5-15(4-3-13)6-8-16/h17H,3-9,13H2,1-2H3,(H,14,18). The van der Waals surface area contributed by atoms with E-state index in [1.54, 1.807) is 13.8 Å². The first-order chi connectivity index (χ1) is 8.89. The third-order valence-corrected chi connectivity index (χ3v) is 3.15. The average molecular weight is 272 g/mol. The molecule has 0 atom stereocenters. The van der Waals surface area contributed by atoms with Crippen molar-refractivity contribution in [2.45, 2.75) is 19.4 Å². The van der Waals surface area contributed by atoms with Gasteiger partial charge in [0, 0.05) is 39.3 Å². The smallest absolute Gasteiger partial charge is 0.311 e. The summed E-state index contributed by atoms with van der Waals surface area (Å²) in [5.74, 6) is -1.19. The van der Waals surface area contributed by atoms with Crippen LogP contribution in [0.3, 0.4) is 0 Å². The van der Waals surface area contributed by atoms with E-state index >= 15 is 0 Å². The van der Waals surface area contributed by atoms with Gasteiger partial charge in [-0.25, -0.2) is 0 Å². The van der Waals surface area contributed by atoms with Crippen molar-refractivity contribution in [3.8, 4) is 0 Å². The first-order valence-corrected chi connectivity index (χ1v) is 6.54. The molecular formula is C12H24N4O3. The molecule has 0 aromatic heterocycles. The van der Waals surface area contributed by atoms with Gasteiger partial charge in [0.05, 0.1) is 12.1 Å². The van der Waals surface area contributed by atoms with Gasteiger partial charge in [-0.3, -0.25) is 14.5 Å². The zero-order chi connectivity index (χ0) is 14.5. The van der Waals surface area contributed by atoms with Crippen molar-refractivity contribution in [1.82, 2.24) is 15.1 Å². The van der Waals surface area contributed by atoms with Crippen LogP contribution in [0.2, 0.25) is 0 Å². The van der Waals surface area contributed by atoms with Crippen LogP contribution in [0, 0.1) is 0 Å². The molecule has 7 heteroatoms. The number of piperazine rings is 1. The second kappa shape index (κ2) is 6.83. The van der Waals surface area contributed by atoms with Gasteiger partial charge in [0.2, 0.25) is 0 Å². The Balaban J connectivity index is 2.44. The number of nitrogens with one attached hydrogen (secondary N) is 1. The molecule has 1 saturated heterocycles. The predicted molar refractivity (Wildman–Crippen MR) is 71.4 cm³/mol. The highest BCUT2D eigenvalue weighted by molar-refractivity contribution is 6.35. The van der Waals surface area contributed by atoms with E-state index < -0.39 is 17.4 Å². The van der Waals surface area contributed by atoms with Crippen LogP contribution >= 0.6 is 0 Å². The van der Waals surface area contributed by atoms with Gasteiger partial charge in [-0.1, -0.05) is 0 Å². The Labute approximate surface area is 113 Å². The van der Waals surface area contributed by atoms with Crippen molar-refractivity contribution in [2.24, 2.45) is 5.73 Å². The lowest BCUT2D eigenvalue weighted by molar-refractivity contribution is -0.148. The molecule has 4 N–H and O–H groups in total. The SMILES string of the molecule is CC(C)(CO)NC(=O)C(=O)N1CCN(CCN)CC1. The van der Waals surface area contributed by atoms with Gasteiger partial charge in [-0.2, -0.15) is 0 Å². The zero-order valence-electron chi connectivity index (χ0n) is 11.7. The van der Waals surface area contributed by atoms with Crippen LogP contribution in [-0.2, 0) is 9.59 Å². The topological polar surface area (TPSA) is 98.9 Å². The van der Waals surface area contributed by atoms with Crippen molar-refractivity contribution < 1.29 is 14.7 Å². The van der Waals surface area contributed by atoms with E-state index in [1.165, 1.54) is 4.90 Å². The second-order valence-corrected chi connectivity index (χ2v) is 5.42. The summed E-state index contributed by atoms with van der Waals surface area (Å²) in [6, 6.07) is 0. The highest BCUT2D eigenvalue weighted by atomic mass is 16.3. The number of nitrogens with two attached hydrogens (primary N) is 1. The fourth-order valence-corrected chi connectivity index (χ4v) is 1.90. The van der Waals surface area contributed by atoms with Crippen LogP contribution < -0.4 is 11.1 Å². The molecule has 0 radical (unpaired) electrons. The number of aliphatic hydroxyl groups is 1. The van der Waals surface area contributed by atoms with Gasteiger partial charge in [-0.05, 0) is 13.8 Å². The maximum Gasteiger partial charge on any atom is 0.311 e. The molecule has 1 aliphatic rings. The van der Waals surface area contributed by atoms with Crippen molar-refractivity contribution >= 4 is 11.8 Å². The van der Waals surface area contributed by atoms with Crippen LogP contribution in [0.25, 0.3) is 0 Å². The lowest BCUT2D eigenvalue weighted by atomic mass is 10.1. The molecule has 0 unspecified atom stereocenters. The van der Waals surface area contributed by atoms with Gasteiger partial charge in [0.1, 0.15) is 0 Å². The fourth-order valence-electron chi connectivity index (χ4n) is 1.90. The van der Waals surface area contributed by atoms with Crippen molar-refractivity contribution in [3.05, 3.63) is 0 Å². The summed E-state index contributed by atoms with van der Waals surface area (Å²) in [5, 5.41) is 11.6. The van der Waals surface area contributed by atoms with Gasteiger partial charge in [-0.15, -0.1) is 0 Å². The van der Waals surface area contributed by atoms with Gasteiger partial charge in [0.15, 0.2) is 0 Å². The molecular weight excluding hydrogens is 248 g/mol. The molecule has 110 valence electrons. The Morgan fingerprint density at radius 3 is 2.32 bits per heavy atom. The van der Waals surface area contributed by atoms with E-state index in [0.717, 1.165) is 19.6 Å². The molecule has 0 saturated carbocycles. The summed E-state index contributed by atoms with van der Waals surface area (Å²) in [5.41, 5.74) is 4.69. The highest BCUT2D eigenvalue weighted by Gasteiger charge is 2.29. The summed E-state index contributed by atoms with van der Waals surface area (Å²) in [6.45, 7) is 7.06. The van der Waals surface area contributed by atoms with Gasteiger partial charge < -0.3 is 21.1 Å². The monoisotopic (exact) mass is 272 g/mol. The minimum absolute atomic E-state index is 0.212. The molecule has 2 amide bonds. The molecule has 0 aromatic carbocycles. The van der Waals surface area contributed by atoms with Crippen LogP contribution in [0.1, 0.15) is 13.8 Å². The number of rotatable bonds is 4. The Hall–Kier alpha value is -1.18. The summed E-state index contributed by atoms with van der Waals surface area (Å²) >= 11 is 0. The number of amides is 2. The molecule has 0 aliphatic carbocycles. The van der Waals surface area contributed by atoms with Crippen LogP contribution in [-0.4, -0.2) is 78.1 Å². The first kappa shape index (κ1) is 15.9. The van der Waals surface area contributed by atoms with E-state index in [2.05, 4.69) is 10.2 Å². The summed E-state index contributed by atoms with van der Waals surface area (Å²) in [6.07, 6.45) is 0. The van der Waals surface area contributed by atoms with E-state index in [-0.39, 0.29) is 6.61 Å². The zero-order valence-corrected chi connectivity index (χ0v) is 11.7. The molecule has 1 heterocycles. The number of carbonyl (C=O) groups is 2. The highest BCUT2D eigenvalue weighted by Crippen LogP contribution is 2.04. The van der Waals surface area contributed by atoms with Gasteiger partial charge in [0.25, 0.3) is 0 Å². The molecule has 1 rings (SSSR count). The number of nitrogens with zero attached hydrogens (tertiary/aromatic N) is 2. The molecule has 7 nitrogen and oxygen atoms in total. The number of hydrogen-bond acceptors (Lipinski definition) is 5. The quantitative estimate of drug-likeness (QED) is 0.513. The van der Waals surface area contributed by atoms with Crippen LogP contribution in [0.5, 0.6) is 0 Å². The third kappa shape index (κ3) is 4.77. The maximum absolute atomic E-state index is 11.9. The first-order valence-electron chi connectivity index (χ1n) is 6.54. The maximum atomic E-state index is 11.9. The van der Waals surface area contributed by atoms with E-state index in [4.69, 9.17) is 10.8 Å². The Kier molecular flexibility index (Phi) is 5.71. The van der Waals surface area contributed by atoms with E-state index in [0.29, 0.717) is 19.6 Å². The van der Waals surface area contributed by atoms with Crippen LogP contribution in [0.15, 0.2) is 0 Å². The summed E-state index contributed by atoms with van der Waals surface area (Å²) < 4.78 is 0. The molecule has 19 heavy (non-hydrogen) atoms. The Morgan fingerprint density at radius 2 is 1.84 bits per heavy atom. The van der Waals surface area contributed by atoms with Crippen molar-refractivity contribution in [1.29, 1.82) is 0 Å². The normalized spacial score (nSPS) is 17.4. The number of carbonyl (C=O) groups excluding carboxylic acids is 2. The molecule has 1 fully saturated rings. The predicted octanol–water partition coefficient (Wildman–Crippen LogP) is -2.02. The third-order valence-electron chi connectivity index (χ3n) is 3.15. The lowest BCUT2D eigenvalue weighted by Crippen LogP contribution is -2.56. The van der Waals surface area contributed by atoms with E-state index in [1.807, 2.05) is 0 Å². The summed E-state index contributed by atoms with van der Waals surface area (Å²) in [7, 11) is 0. The average Bonchev–Trinajstić information content (AvgIpc) is 2.38. The molecule has 0 bridgehead atoms. The minimum Gasteiger partial charge on any atom is -0.394 e. The largest absolute Gasteiger partial charge is 0.394 e. The Morgan fingerprint density at radius 1 is 1.26 bits per heavy atom. The molecule has 0 spiro atoms. The van der Waals surface area contributed by atoms with Crippen molar-refractivity contribution in [3.63, 3.8) is 0 Å². The molecule has 0 aromatic rings. The molecule has 1 aliphatic heterocycles. The summed E-state index contributed by atoms with van der Waals surface area (Å²) in [4.78, 5) is 27.4. The second-order valence-electron chi connectivity index (χ2n) is 5.42.